The van der Waals surface area contributed by atoms with Gasteiger partial charge in [0.15, 0.2) is 9.76 Å². The fourth-order valence-electron chi connectivity index (χ4n) is 3.92. The Morgan fingerprint density at radius 3 is 1.56 bits per heavy atom. The third-order valence-electron chi connectivity index (χ3n) is 7.18. The van der Waals surface area contributed by atoms with Crippen LogP contribution in [-0.2, 0) is 9.16 Å². The van der Waals surface area contributed by atoms with Crippen LogP contribution in [0.3, 0.4) is 0 Å². The molecule has 194 valence electrons. The maximum atomic E-state index is 10.6. The summed E-state index contributed by atoms with van der Waals surface area (Å²) in [7, 11) is -0.714. The highest BCUT2D eigenvalue weighted by molar-refractivity contribution is 6.32. The SMILES string of the molecule is CCCCCCCCCCCCCCCCOCC(O)C(O[SiH2]C(C)(C)C(C)C)C(C)C. The minimum absolute atomic E-state index is 0.101. The lowest BCUT2D eigenvalue weighted by Gasteiger charge is -2.33. The molecule has 0 saturated carbocycles. The first-order valence-corrected chi connectivity index (χ1v) is 15.4. The van der Waals surface area contributed by atoms with Gasteiger partial charge in [-0.3, -0.25) is 0 Å². The Hall–Kier alpha value is 0.0969. The highest BCUT2D eigenvalue weighted by Gasteiger charge is 2.29. The average molecular weight is 473 g/mol. The third kappa shape index (κ3) is 17.6. The fourth-order valence-corrected chi connectivity index (χ4v) is 5.49. The first-order chi connectivity index (χ1) is 15.2. The molecule has 0 aliphatic heterocycles. The largest absolute Gasteiger partial charge is 0.418 e. The number of hydrogen-bond acceptors (Lipinski definition) is 3. The first-order valence-electron chi connectivity index (χ1n) is 14.1. The molecule has 0 saturated heterocycles. The molecule has 0 aliphatic rings. The van der Waals surface area contributed by atoms with E-state index in [1.54, 1.807) is 0 Å². The average Bonchev–Trinajstić information content (AvgIpc) is 2.73. The van der Waals surface area contributed by atoms with Crippen molar-refractivity contribution in [3.8, 4) is 0 Å². The summed E-state index contributed by atoms with van der Waals surface area (Å²) in [5.41, 5.74) is 0. The molecule has 2 atom stereocenters. The second-order valence-corrected chi connectivity index (χ2v) is 13.8. The van der Waals surface area contributed by atoms with Gasteiger partial charge in [0.05, 0.1) is 12.7 Å². The van der Waals surface area contributed by atoms with E-state index < -0.39 is 15.9 Å². The molecular weight excluding hydrogens is 412 g/mol. The predicted octanol–water partition coefficient (Wildman–Crippen LogP) is 7.82. The number of hydrogen-bond donors (Lipinski definition) is 1. The van der Waals surface area contributed by atoms with E-state index in [9.17, 15) is 5.11 Å². The van der Waals surface area contributed by atoms with E-state index in [4.69, 9.17) is 9.16 Å². The summed E-state index contributed by atoms with van der Waals surface area (Å²) in [4.78, 5) is 0. The summed E-state index contributed by atoms with van der Waals surface area (Å²) in [6.45, 7) is 16.8. The van der Waals surface area contributed by atoms with Crippen molar-refractivity contribution in [3.05, 3.63) is 0 Å². The van der Waals surface area contributed by atoms with E-state index in [-0.39, 0.29) is 11.1 Å². The number of rotatable bonds is 23. The normalized spacial score (nSPS) is 14.8. The second kappa shape index (κ2) is 20.5. The molecule has 2 unspecified atom stereocenters. The predicted molar refractivity (Wildman–Crippen MR) is 144 cm³/mol. The molecule has 0 aromatic rings. The molecule has 1 N–H and O–H groups in total. The van der Waals surface area contributed by atoms with Crippen molar-refractivity contribution < 1.29 is 14.3 Å². The molecule has 4 heteroatoms. The zero-order chi connectivity index (χ0) is 24.2. The van der Waals surface area contributed by atoms with Gasteiger partial charge in [-0.2, -0.15) is 0 Å². The van der Waals surface area contributed by atoms with Crippen molar-refractivity contribution in [3.63, 3.8) is 0 Å². The van der Waals surface area contributed by atoms with Crippen LogP contribution in [-0.4, -0.2) is 40.3 Å². The lowest BCUT2D eigenvalue weighted by molar-refractivity contribution is -0.0451. The molecule has 0 heterocycles. The van der Waals surface area contributed by atoms with Gasteiger partial charge in [0.25, 0.3) is 0 Å². The van der Waals surface area contributed by atoms with Gasteiger partial charge in [0.1, 0.15) is 6.10 Å². The van der Waals surface area contributed by atoms with Gasteiger partial charge in [-0.15, -0.1) is 0 Å². The van der Waals surface area contributed by atoms with Crippen molar-refractivity contribution in [2.45, 2.75) is 156 Å². The minimum atomic E-state index is -0.714. The monoisotopic (exact) mass is 472 g/mol. The zero-order valence-corrected chi connectivity index (χ0v) is 24.5. The van der Waals surface area contributed by atoms with Crippen LogP contribution >= 0.6 is 0 Å². The van der Waals surface area contributed by atoms with Crippen LogP contribution in [0, 0.1) is 11.8 Å². The van der Waals surface area contributed by atoms with Gasteiger partial charge in [-0.05, 0) is 23.3 Å². The van der Waals surface area contributed by atoms with Crippen LogP contribution in [0.15, 0.2) is 0 Å². The summed E-state index contributed by atoms with van der Waals surface area (Å²) in [6, 6.07) is 0. The number of aliphatic hydroxyl groups is 1. The van der Waals surface area contributed by atoms with E-state index in [2.05, 4.69) is 48.5 Å². The summed E-state index contributed by atoms with van der Waals surface area (Å²) < 4.78 is 12.1. The maximum absolute atomic E-state index is 10.6. The Morgan fingerprint density at radius 2 is 1.16 bits per heavy atom. The van der Waals surface area contributed by atoms with Crippen molar-refractivity contribution in [1.82, 2.24) is 0 Å². The Balaban J connectivity index is 3.63. The minimum Gasteiger partial charge on any atom is -0.418 e. The van der Waals surface area contributed by atoms with E-state index >= 15 is 0 Å². The molecule has 0 rings (SSSR count). The Kier molecular flexibility index (Phi) is 20.5. The van der Waals surface area contributed by atoms with E-state index in [0.29, 0.717) is 18.4 Å². The van der Waals surface area contributed by atoms with Crippen LogP contribution in [0.2, 0.25) is 5.04 Å². The van der Waals surface area contributed by atoms with Crippen LogP contribution in [0.25, 0.3) is 0 Å². The van der Waals surface area contributed by atoms with E-state index in [1.807, 2.05) is 0 Å². The lowest BCUT2D eigenvalue weighted by Crippen LogP contribution is -2.40. The summed E-state index contributed by atoms with van der Waals surface area (Å²) >= 11 is 0. The lowest BCUT2D eigenvalue weighted by atomic mass is 9.99. The van der Waals surface area contributed by atoms with Crippen molar-refractivity contribution in [2.75, 3.05) is 13.2 Å². The molecule has 0 spiro atoms. The second-order valence-electron chi connectivity index (χ2n) is 11.4. The molecule has 32 heavy (non-hydrogen) atoms. The summed E-state index contributed by atoms with van der Waals surface area (Å²) in [5, 5.41) is 10.9. The van der Waals surface area contributed by atoms with Crippen LogP contribution < -0.4 is 0 Å². The Bertz CT molecular complexity index is 398. The van der Waals surface area contributed by atoms with Gasteiger partial charge in [-0.1, -0.05) is 132 Å². The molecule has 0 amide bonds. The molecule has 3 nitrogen and oxygen atoms in total. The van der Waals surface area contributed by atoms with Crippen LogP contribution in [0.4, 0.5) is 0 Å². The molecule has 0 aliphatic carbocycles. The van der Waals surface area contributed by atoms with E-state index in [1.165, 1.54) is 83.5 Å². The van der Waals surface area contributed by atoms with Crippen molar-refractivity contribution in [2.24, 2.45) is 11.8 Å². The third-order valence-corrected chi connectivity index (χ3v) is 9.29. The molecule has 0 fully saturated rings. The van der Waals surface area contributed by atoms with Gasteiger partial charge < -0.3 is 14.3 Å². The van der Waals surface area contributed by atoms with Crippen molar-refractivity contribution in [1.29, 1.82) is 0 Å². The molecule has 0 aromatic carbocycles. The van der Waals surface area contributed by atoms with E-state index in [0.717, 1.165) is 13.0 Å². The number of unbranched alkanes of at least 4 members (excludes halogenated alkanes) is 13. The topological polar surface area (TPSA) is 38.7 Å². The molecular formula is C28H60O3Si. The maximum Gasteiger partial charge on any atom is 0.167 e. The standard InChI is InChI=1S/C28H60O3Si/c1-8-9-10-11-12-13-14-15-16-17-18-19-20-21-22-30-23-26(29)27(24(2)3)31-32-28(6,7)25(4)5/h24-27,29H,8-23,32H2,1-7H3. The summed E-state index contributed by atoms with van der Waals surface area (Å²) in [6.07, 6.45) is 18.6. The molecule has 0 bridgehead atoms. The zero-order valence-electron chi connectivity index (χ0n) is 23.1. The van der Waals surface area contributed by atoms with Gasteiger partial charge in [0, 0.05) is 6.61 Å². The van der Waals surface area contributed by atoms with Crippen LogP contribution in [0.5, 0.6) is 0 Å². The highest BCUT2D eigenvalue weighted by Crippen LogP contribution is 2.33. The molecule has 0 aromatic heterocycles. The Morgan fingerprint density at radius 1 is 0.719 bits per heavy atom. The van der Waals surface area contributed by atoms with Gasteiger partial charge >= 0.3 is 0 Å². The smallest absolute Gasteiger partial charge is 0.167 e. The van der Waals surface area contributed by atoms with Gasteiger partial charge in [0.2, 0.25) is 0 Å². The molecule has 0 radical (unpaired) electrons. The first kappa shape index (κ1) is 32.1. The number of ether oxygens (including phenoxy) is 1. The van der Waals surface area contributed by atoms with Crippen LogP contribution in [0.1, 0.15) is 138 Å². The summed E-state index contributed by atoms with van der Waals surface area (Å²) in [5.74, 6) is 0.917. The quantitative estimate of drug-likeness (QED) is 0.122. The van der Waals surface area contributed by atoms with Crippen molar-refractivity contribution >= 4 is 9.76 Å². The number of aliphatic hydroxyl groups excluding tert-OH is 1. The highest BCUT2D eigenvalue weighted by atomic mass is 28.2. The Labute approximate surface area is 204 Å². The van der Waals surface area contributed by atoms with Gasteiger partial charge in [-0.25, -0.2) is 0 Å². The fraction of sp³-hybridized carbons (Fsp3) is 1.00.